The molecule has 0 aromatic heterocycles. The van der Waals surface area contributed by atoms with Crippen LogP contribution in [-0.2, 0) is 0 Å². The Hall–Kier alpha value is -0.650. The van der Waals surface area contributed by atoms with Gasteiger partial charge in [-0.3, -0.25) is 0 Å². The highest BCUT2D eigenvalue weighted by atomic mass is 35.5. The van der Waals surface area contributed by atoms with Crippen LogP contribution < -0.4 is 0 Å². The molecule has 0 spiro atoms. The first kappa shape index (κ1) is 10.4. The van der Waals surface area contributed by atoms with Gasteiger partial charge < -0.3 is 0 Å². The fourth-order valence-corrected chi connectivity index (χ4v) is 1.96. The lowest BCUT2D eigenvalue weighted by molar-refractivity contribution is 1.24. The Labute approximate surface area is 87.7 Å². The minimum Gasteiger partial charge on any atom is -0.197 e. The Balaban J connectivity index is 2.51. The average Bonchev–Trinajstić information content (AvgIpc) is 2.14. The number of thioether (sulfide) groups is 1. The summed E-state index contributed by atoms with van der Waals surface area (Å²) in [4.78, 5) is 1.17. The highest BCUT2D eigenvalue weighted by Gasteiger charge is 2.02. The second kappa shape index (κ2) is 5.16. The van der Waals surface area contributed by atoms with Gasteiger partial charge in [-0.15, -0.1) is 23.4 Å². The van der Waals surface area contributed by atoms with Gasteiger partial charge >= 0.3 is 0 Å². The number of nitrogens with zero attached hydrogens (tertiary/aromatic N) is 1. The van der Waals surface area contributed by atoms with Crippen LogP contribution in [0.25, 0.3) is 0 Å². The van der Waals surface area contributed by atoms with Crippen molar-refractivity contribution in [1.82, 2.24) is 0 Å². The summed E-state index contributed by atoms with van der Waals surface area (Å²) in [6.07, 6.45) is 0. The van der Waals surface area contributed by atoms with Crippen molar-refractivity contribution < 1.29 is 0 Å². The fourth-order valence-electron chi connectivity index (χ4n) is 0.912. The molecule has 0 aliphatic rings. The molecule has 68 valence electrons. The summed E-state index contributed by atoms with van der Waals surface area (Å²) in [6.45, 7) is 2.05. The number of hydrogen-bond acceptors (Lipinski definition) is 2. The van der Waals surface area contributed by atoms with Crippen molar-refractivity contribution in [3.63, 3.8) is 0 Å². The summed E-state index contributed by atoms with van der Waals surface area (Å²) in [7, 11) is 0. The maximum Gasteiger partial charge on any atom is 0.129 e. The number of nitriles is 1. The van der Waals surface area contributed by atoms with E-state index in [0.717, 1.165) is 0 Å². The van der Waals surface area contributed by atoms with E-state index in [9.17, 15) is 0 Å². The zero-order valence-electron chi connectivity index (χ0n) is 7.33. The Bertz CT molecular complexity index is 319. The van der Waals surface area contributed by atoms with Gasteiger partial charge in [-0.1, -0.05) is 17.7 Å². The van der Waals surface area contributed by atoms with Crippen molar-refractivity contribution >= 4 is 23.4 Å². The van der Waals surface area contributed by atoms with Gasteiger partial charge in [0.05, 0.1) is 6.07 Å². The molecule has 0 aliphatic heterocycles. The molecule has 0 heterocycles. The monoisotopic (exact) mass is 211 g/mol. The zero-order valence-corrected chi connectivity index (χ0v) is 8.90. The third-order valence-corrected chi connectivity index (χ3v) is 3.05. The third kappa shape index (κ3) is 3.71. The van der Waals surface area contributed by atoms with Crippen LogP contribution in [0.3, 0.4) is 0 Å². The molecule has 1 atom stereocenters. The molecular weight excluding hydrogens is 202 g/mol. The van der Waals surface area contributed by atoms with Crippen LogP contribution in [0.15, 0.2) is 29.2 Å². The van der Waals surface area contributed by atoms with E-state index in [0.29, 0.717) is 5.75 Å². The SMILES string of the molecule is Cc1cccc(SCC(Cl)C#N)c1. The minimum absolute atomic E-state index is 0.398. The molecule has 1 nitrogen and oxygen atoms in total. The summed E-state index contributed by atoms with van der Waals surface area (Å²) in [5.74, 6) is 0.640. The van der Waals surface area contributed by atoms with Crippen molar-refractivity contribution in [2.24, 2.45) is 0 Å². The number of hydrogen-bond donors (Lipinski definition) is 0. The molecule has 1 aromatic carbocycles. The second-order valence-electron chi connectivity index (χ2n) is 2.72. The predicted octanol–water partition coefficient (Wildman–Crippen LogP) is 3.22. The summed E-state index contributed by atoms with van der Waals surface area (Å²) < 4.78 is 0. The highest BCUT2D eigenvalue weighted by Crippen LogP contribution is 2.20. The number of benzene rings is 1. The van der Waals surface area contributed by atoms with Crippen LogP contribution in [0.5, 0.6) is 0 Å². The van der Waals surface area contributed by atoms with Gasteiger partial charge in [-0.2, -0.15) is 5.26 Å². The quantitative estimate of drug-likeness (QED) is 0.566. The Morgan fingerprint density at radius 1 is 1.62 bits per heavy atom. The lowest BCUT2D eigenvalue weighted by Crippen LogP contribution is -1.96. The van der Waals surface area contributed by atoms with Gasteiger partial charge in [-0.25, -0.2) is 0 Å². The molecule has 3 heteroatoms. The van der Waals surface area contributed by atoms with Gasteiger partial charge in [0, 0.05) is 10.6 Å². The normalized spacial score (nSPS) is 12.1. The largest absolute Gasteiger partial charge is 0.197 e. The van der Waals surface area contributed by atoms with Crippen LogP contribution in [0.2, 0.25) is 0 Å². The van der Waals surface area contributed by atoms with Crippen molar-refractivity contribution in [3.8, 4) is 6.07 Å². The standard InChI is InChI=1S/C10H10ClNS/c1-8-3-2-4-10(5-8)13-7-9(11)6-12/h2-5,9H,7H2,1H3. The van der Waals surface area contributed by atoms with E-state index in [1.54, 1.807) is 11.8 Å². The first-order chi connectivity index (χ1) is 6.22. The van der Waals surface area contributed by atoms with E-state index in [2.05, 4.69) is 6.07 Å². The summed E-state index contributed by atoms with van der Waals surface area (Å²) >= 11 is 7.29. The maximum atomic E-state index is 8.47. The van der Waals surface area contributed by atoms with Crippen LogP contribution in [-0.4, -0.2) is 11.1 Å². The second-order valence-corrected chi connectivity index (χ2v) is 4.34. The maximum absolute atomic E-state index is 8.47. The molecule has 0 amide bonds. The lowest BCUT2D eigenvalue weighted by atomic mass is 10.2. The van der Waals surface area contributed by atoms with Crippen molar-refractivity contribution in [3.05, 3.63) is 29.8 Å². The third-order valence-electron chi connectivity index (χ3n) is 1.53. The van der Waals surface area contributed by atoms with E-state index in [1.807, 2.05) is 31.2 Å². The van der Waals surface area contributed by atoms with Gasteiger partial charge in [0.15, 0.2) is 0 Å². The van der Waals surface area contributed by atoms with E-state index in [-0.39, 0.29) is 0 Å². The Morgan fingerprint density at radius 2 is 2.38 bits per heavy atom. The summed E-state index contributed by atoms with van der Waals surface area (Å²) in [5.41, 5.74) is 1.23. The molecule has 0 saturated heterocycles. The Kier molecular flexibility index (Phi) is 4.14. The molecule has 0 fully saturated rings. The summed E-state index contributed by atoms with van der Waals surface area (Å²) in [6, 6.07) is 10.2. The van der Waals surface area contributed by atoms with E-state index in [4.69, 9.17) is 16.9 Å². The molecule has 1 rings (SSSR count). The predicted molar refractivity (Wildman–Crippen MR) is 57.2 cm³/mol. The van der Waals surface area contributed by atoms with Gasteiger partial charge in [0.2, 0.25) is 0 Å². The number of halogens is 1. The van der Waals surface area contributed by atoms with Crippen LogP contribution >= 0.6 is 23.4 Å². The molecule has 1 unspecified atom stereocenters. The molecule has 0 N–H and O–H groups in total. The molecule has 0 saturated carbocycles. The molecular formula is C10H10ClNS. The average molecular weight is 212 g/mol. The molecule has 13 heavy (non-hydrogen) atoms. The van der Waals surface area contributed by atoms with Crippen LogP contribution in [0, 0.1) is 18.3 Å². The van der Waals surface area contributed by atoms with E-state index >= 15 is 0 Å². The summed E-state index contributed by atoms with van der Waals surface area (Å²) in [5, 5.41) is 8.07. The van der Waals surface area contributed by atoms with Gasteiger partial charge in [0.1, 0.15) is 5.38 Å². The Morgan fingerprint density at radius 3 is 3.00 bits per heavy atom. The van der Waals surface area contributed by atoms with Gasteiger partial charge in [0.25, 0.3) is 0 Å². The molecule has 0 bridgehead atoms. The highest BCUT2D eigenvalue weighted by molar-refractivity contribution is 7.99. The van der Waals surface area contributed by atoms with Gasteiger partial charge in [-0.05, 0) is 19.1 Å². The first-order valence-electron chi connectivity index (χ1n) is 3.95. The van der Waals surface area contributed by atoms with Crippen LogP contribution in [0.1, 0.15) is 5.56 Å². The number of aryl methyl sites for hydroxylation is 1. The smallest absolute Gasteiger partial charge is 0.129 e. The topological polar surface area (TPSA) is 23.8 Å². The molecule has 0 aliphatic carbocycles. The number of rotatable bonds is 3. The number of alkyl halides is 1. The van der Waals surface area contributed by atoms with E-state index < -0.39 is 5.38 Å². The van der Waals surface area contributed by atoms with Crippen molar-refractivity contribution in [2.75, 3.05) is 5.75 Å². The fraction of sp³-hybridized carbons (Fsp3) is 0.300. The van der Waals surface area contributed by atoms with Crippen molar-refractivity contribution in [2.45, 2.75) is 17.2 Å². The minimum atomic E-state index is -0.398. The van der Waals surface area contributed by atoms with Crippen LogP contribution in [0.4, 0.5) is 0 Å². The molecule has 1 aromatic rings. The van der Waals surface area contributed by atoms with Crippen molar-refractivity contribution in [1.29, 1.82) is 5.26 Å². The zero-order chi connectivity index (χ0) is 9.68. The molecule has 0 radical (unpaired) electrons. The first-order valence-corrected chi connectivity index (χ1v) is 5.37. The lowest BCUT2D eigenvalue weighted by Gasteiger charge is -2.01. The van der Waals surface area contributed by atoms with E-state index in [1.165, 1.54) is 10.5 Å².